The molecule has 0 fully saturated rings. The SMILES string of the molecule is Cn1ncc2c1CCC(=Cc1cccc(F)c1)C2=O. The van der Waals surface area contributed by atoms with Crippen molar-refractivity contribution < 1.29 is 9.18 Å². The Kier molecular flexibility index (Phi) is 2.78. The molecule has 0 spiro atoms. The summed E-state index contributed by atoms with van der Waals surface area (Å²) >= 11 is 0. The second kappa shape index (κ2) is 4.46. The summed E-state index contributed by atoms with van der Waals surface area (Å²) in [5.74, 6) is -0.293. The smallest absolute Gasteiger partial charge is 0.192 e. The quantitative estimate of drug-likeness (QED) is 0.735. The van der Waals surface area contributed by atoms with E-state index in [9.17, 15) is 9.18 Å². The Balaban J connectivity index is 1.98. The van der Waals surface area contributed by atoms with Crippen molar-refractivity contribution in [2.75, 3.05) is 0 Å². The Labute approximate surface area is 110 Å². The van der Waals surface area contributed by atoms with Gasteiger partial charge in [-0.25, -0.2) is 4.39 Å². The van der Waals surface area contributed by atoms with Gasteiger partial charge in [0.2, 0.25) is 0 Å². The highest BCUT2D eigenvalue weighted by molar-refractivity contribution is 6.12. The van der Waals surface area contributed by atoms with Gasteiger partial charge >= 0.3 is 0 Å². The molecule has 0 saturated heterocycles. The van der Waals surface area contributed by atoms with E-state index in [2.05, 4.69) is 5.10 Å². The summed E-state index contributed by atoms with van der Waals surface area (Å²) in [4.78, 5) is 12.3. The first-order chi connectivity index (χ1) is 9.15. The summed E-state index contributed by atoms with van der Waals surface area (Å²) < 4.78 is 14.9. The molecule has 1 aliphatic carbocycles. The van der Waals surface area contributed by atoms with Crippen LogP contribution in [0.4, 0.5) is 4.39 Å². The second-order valence-electron chi connectivity index (χ2n) is 4.68. The molecule has 1 aromatic carbocycles. The lowest BCUT2D eigenvalue weighted by molar-refractivity contribution is 0.102. The molecule has 0 atom stereocenters. The van der Waals surface area contributed by atoms with Gasteiger partial charge in [0.15, 0.2) is 5.78 Å². The molecule has 0 N–H and O–H groups in total. The third-order valence-electron chi connectivity index (χ3n) is 3.42. The summed E-state index contributed by atoms with van der Waals surface area (Å²) in [6.45, 7) is 0. The number of aryl methyl sites for hydroxylation is 1. The number of fused-ring (bicyclic) bond motifs is 1. The maximum atomic E-state index is 13.1. The van der Waals surface area contributed by atoms with Crippen LogP contribution in [0.5, 0.6) is 0 Å². The molecule has 2 aromatic rings. The average molecular weight is 256 g/mol. The van der Waals surface area contributed by atoms with Crippen molar-refractivity contribution in [3.63, 3.8) is 0 Å². The zero-order valence-corrected chi connectivity index (χ0v) is 10.6. The van der Waals surface area contributed by atoms with Crippen molar-refractivity contribution in [1.29, 1.82) is 0 Å². The molecule has 96 valence electrons. The van der Waals surface area contributed by atoms with Gasteiger partial charge in [-0.1, -0.05) is 12.1 Å². The highest BCUT2D eigenvalue weighted by Crippen LogP contribution is 2.26. The number of carbonyl (C=O) groups excluding carboxylic acids is 1. The fourth-order valence-corrected chi connectivity index (χ4v) is 2.42. The lowest BCUT2D eigenvalue weighted by atomic mass is 9.90. The Morgan fingerprint density at radius 1 is 1.37 bits per heavy atom. The van der Waals surface area contributed by atoms with E-state index in [1.54, 1.807) is 29.1 Å². The maximum Gasteiger partial charge on any atom is 0.192 e. The van der Waals surface area contributed by atoms with Gasteiger partial charge in [0.25, 0.3) is 0 Å². The fraction of sp³-hybridized carbons (Fsp3) is 0.200. The number of hydrogen-bond donors (Lipinski definition) is 0. The van der Waals surface area contributed by atoms with Gasteiger partial charge < -0.3 is 0 Å². The van der Waals surface area contributed by atoms with Crippen LogP contribution in [0.15, 0.2) is 36.0 Å². The number of carbonyl (C=O) groups is 1. The molecule has 4 heteroatoms. The van der Waals surface area contributed by atoms with Crippen molar-refractivity contribution >= 4 is 11.9 Å². The topological polar surface area (TPSA) is 34.9 Å². The van der Waals surface area contributed by atoms with Crippen LogP contribution in [0.1, 0.15) is 28.0 Å². The molecule has 1 heterocycles. The van der Waals surface area contributed by atoms with Gasteiger partial charge in [-0.3, -0.25) is 9.48 Å². The minimum Gasteiger partial charge on any atom is -0.289 e. The van der Waals surface area contributed by atoms with Crippen LogP contribution in [0.3, 0.4) is 0 Å². The number of allylic oxidation sites excluding steroid dienone is 1. The van der Waals surface area contributed by atoms with Gasteiger partial charge in [0, 0.05) is 18.3 Å². The zero-order valence-electron chi connectivity index (χ0n) is 10.6. The number of benzene rings is 1. The normalized spacial score (nSPS) is 16.7. The maximum absolute atomic E-state index is 13.1. The molecule has 1 aliphatic rings. The van der Waals surface area contributed by atoms with E-state index in [-0.39, 0.29) is 11.6 Å². The molecule has 0 unspecified atom stereocenters. The molecular weight excluding hydrogens is 243 g/mol. The lowest BCUT2D eigenvalue weighted by Gasteiger charge is -2.14. The highest BCUT2D eigenvalue weighted by Gasteiger charge is 2.24. The monoisotopic (exact) mass is 256 g/mol. The number of rotatable bonds is 1. The van der Waals surface area contributed by atoms with Crippen LogP contribution in [0, 0.1) is 5.82 Å². The van der Waals surface area contributed by atoms with E-state index in [0.29, 0.717) is 17.6 Å². The standard InChI is InChI=1S/C15H13FN2O/c1-18-14-6-5-11(15(19)13(14)9-17-18)7-10-3-2-4-12(16)8-10/h2-4,7-9H,5-6H2,1H3. The van der Waals surface area contributed by atoms with Crippen molar-refractivity contribution in [3.8, 4) is 0 Å². The van der Waals surface area contributed by atoms with E-state index in [1.165, 1.54) is 12.1 Å². The summed E-state index contributed by atoms with van der Waals surface area (Å²) in [7, 11) is 1.84. The van der Waals surface area contributed by atoms with Gasteiger partial charge in [0.05, 0.1) is 11.8 Å². The van der Waals surface area contributed by atoms with E-state index >= 15 is 0 Å². The predicted octanol–water partition coefficient (Wildman–Crippen LogP) is 2.77. The predicted molar refractivity (Wildman–Crippen MR) is 70.2 cm³/mol. The number of Topliss-reactive ketones (excluding diaryl/α,β-unsaturated/α-hetero) is 1. The van der Waals surface area contributed by atoms with Crippen LogP contribution in [-0.2, 0) is 13.5 Å². The first-order valence-electron chi connectivity index (χ1n) is 6.17. The molecule has 3 nitrogen and oxygen atoms in total. The molecule has 0 saturated carbocycles. The van der Waals surface area contributed by atoms with Gasteiger partial charge in [-0.05, 0) is 36.6 Å². The molecule has 0 amide bonds. The number of halogens is 1. The molecule has 19 heavy (non-hydrogen) atoms. The second-order valence-corrected chi connectivity index (χ2v) is 4.68. The van der Waals surface area contributed by atoms with E-state index in [0.717, 1.165) is 17.7 Å². The van der Waals surface area contributed by atoms with Gasteiger partial charge in [-0.2, -0.15) is 5.10 Å². The van der Waals surface area contributed by atoms with Crippen LogP contribution < -0.4 is 0 Å². The zero-order chi connectivity index (χ0) is 13.4. The van der Waals surface area contributed by atoms with E-state index in [4.69, 9.17) is 0 Å². The molecule has 0 radical (unpaired) electrons. The Hall–Kier alpha value is -2.23. The fourth-order valence-electron chi connectivity index (χ4n) is 2.42. The number of ketones is 1. The van der Waals surface area contributed by atoms with Crippen molar-refractivity contribution in [3.05, 3.63) is 58.7 Å². The summed E-state index contributed by atoms with van der Waals surface area (Å²) in [6, 6.07) is 6.26. The van der Waals surface area contributed by atoms with E-state index in [1.807, 2.05) is 7.05 Å². The Morgan fingerprint density at radius 2 is 2.21 bits per heavy atom. The third-order valence-corrected chi connectivity index (χ3v) is 3.42. The molecule has 0 bridgehead atoms. The number of hydrogen-bond acceptors (Lipinski definition) is 2. The Bertz CT molecular complexity index is 685. The average Bonchev–Trinajstić information content (AvgIpc) is 2.76. The minimum absolute atomic E-state index is 0.00129. The molecular formula is C15H13FN2O. The van der Waals surface area contributed by atoms with Gasteiger partial charge in [0.1, 0.15) is 5.82 Å². The highest BCUT2D eigenvalue weighted by atomic mass is 19.1. The first kappa shape index (κ1) is 11.8. The van der Waals surface area contributed by atoms with Crippen LogP contribution in [0.2, 0.25) is 0 Å². The van der Waals surface area contributed by atoms with Crippen LogP contribution in [-0.4, -0.2) is 15.6 Å². The van der Waals surface area contributed by atoms with Crippen molar-refractivity contribution in [2.24, 2.45) is 7.05 Å². The summed E-state index contributed by atoms with van der Waals surface area (Å²) in [5, 5.41) is 4.11. The largest absolute Gasteiger partial charge is 0.289 e. The minimum atomic E-state index is -0.292. The summed E-state index contributed by atoms with van der Waals surface area (Å²) in [5.41, 5.74) is 3.07. The van der Waals surface area contributed by atoms with Gasteiger partial charge in [-0.15, -0.1) is 0 Å². The Morgan fingerprint density at radius 3 is 3.00 bits per heavy atom. The van der Waals surface area contributed by atoms with Crippen molar-refractivity contribution in [1.82, 2.24) is 9.78 Å². The van der Waals surface area contributed by atoms with Crippen molar-refractivity contribution in [2.45, 2.75) is 12.8 Å². The molecule has 0 aliphatic heterocycles. The summed E-state index contributed by atoms with van der Waals surface area (Å²) in [6.07, 6.45) is 4.83. The number of aromatic nitrogens is 2. The lowest BCUT2D eigenvalue weighted by Crippen LogP contribution is -2.14. The third kappa shape index (κ3) is 2.10. The first-order valence-corrected chi connectivity index (χ1v) is 6.17. The number of nitrogens with zero attached hydrogens (tertiary/aromatic N) is 2. The van der Waals surface area contributed by atoms with E-state index < -0.39 is 0 Å². The van der Waals surface area contributed by atoms with Crippen LogP contribution >= 0.6 is 0 Å². The van der Waals surface area contributed by atoms with Crippen LogP contribution in [0.25, 0.3) is 6.08 Å². The molecule has 3 rings (SSSR count). The molecule has 1 aromatic heterocycles.